The predicted molar refractivity (Wildman–Crippen MR) is 108 cm³/mol. The van der Waals surface area contributed by atoms with Crippen LogP contribution in [0.2, 0.25) is 0 Å². The number of aryl methyl sites for hydroxylation is 1. The maximum atomic E-state index is 12.2. The molecule has 0 bridgehead atoms. The van der Waals surface area contributed by atoms with E-state index in [-0.39, 0.29) is 11.4 Å². The molecule has 1 amide bonds. The van der Waals surface area contributed by atoms with Gasteiger partial charge in [-0.15, -0.1) is 0 Å². The highest BCUT2D eigenvalue weighted by Crippen LogP contribution is 2.52. The molecular weight excluding hydrogens is 334 g/mol. The topological polar surface area (TPSA) is 68.0 Å². The van der Waals surface area contributed by atoms with E-state index >= 15 is 0 Å². The van der Waals surface area contributed by atoms with Crippen LogP contribution in [0, 0.1) is 0 Å². The molecule has 4 heteroatoms. The molecule has 3 aromatic rings. The average Bonchev–Trinajstić information content (AvgIpc) is 3.40. The smallest absolute Gasteiger partial charge is 0.255 e. The molecule has 1 aliphatic rings. The Hall–Kier alpha value is -2.98. The summed E-state index contributed by atoms with van der Waals surface area (Å²) in [5.41, 5.74) is 10.4. The second-order valence-electron chi connectivity index (χ2n) is 7.29. The average molecular weight is 357 g/mol. The molecule has 2 atom stereocenters. The van der Waals surface area contributed by atoms with Gasteiger partial charge >= 0.3 is 0 Å². The largest absolute Gasteiger partial charge is 0.325 e. The Bertz CT molecular complexity index is 909. The number of amides is 1. The molecule has 27 heavy (non-hydrogen) atoms. The fraction of sp³-hybridized carbons (Fsp3) is 0.217. The van der Waals surface area contributed by atoms with Crippen LogP contribution >= 0.6 is 0 Å². The van der Waals surface area contributed by atoms with Crippen LogP contribution in [0.5, 0.6) is 0 Å². The highest BCUT2D eigenvalue weighted by molar-refractivity contribution is 6.04. The zero-order valence-electron chi connectivity index (χ0n) is 15.1. The molecule has 0 saturated heterocycles. The number of hydrogen-bond acceptors (Lipinski definition) is 3. The zero-order chi connectivity index (χ0) is 18.7. The van der Waals surface area contributed by atoms with Crippen LogP contribution in [0.1, 0.15) is 40.2 Å². The maximum absolute atomic E-state index is 12.2. The van der Waals surface area contributed by atoms with Crippen LogP contribution < -0.4 is 11.1 Å². The molecule has 136 valence electrons. The van der Waals surface area contributed by atoms with Gasteiger partial charge < -0.3 is 11.1 Å². The van der Waals surface area contributed by atoms with Crippen LogP contribution in [0.25, 0.3) is 0 Å². The lowest BCUT2D eigenvalue weighted by molar-refractivity contribution is 0.102. The number of pyridine rings is 1. The van der Waals surface area contributed by atoms with E-state index in [9.17, 15) is 4.79 Å². The Balaban J connectivity index is 1.35. The van der Waals surface area contributed by atoms with E-state index in [1.165, 1.54) is 11.1 Å². The van der Waals surface area contributed by atoms with Crippen LogP contribution in [0.15, 0.2) is 79.1 Å². The number of benzene rings is 2. The summed E-state index contributed by atoms with van der Waals surface area (Å²) in [7, 11) is 0. The van der Waals surface area contributed by atoms with Gasteiger partial charge in [0.25, 0.3) is 5.91 Å². The summed E-state index contributed by atoms with van der Waals surface area (Å²) in [6.07, 6.45) is 6.24. The number of carbonyl (C=O) groups is 1. The van der Waals surface area contributed by atoms with Crippen LogP contribution in [0.3, 0.4) is 0 Å². The molecule has 1 saturated carbocycles. The van der Waals surface area contributed by atoms with Crippen molar-refractivity contribution in [2.75, 3.05) is 5.32 Å². The van der Waals surface area contributed by atoms with E-state index in [4.69, 9.17) is 5.73 Å². The van der Waals surface area contributed by atoms with Gasteiger partial charge in [0.15, 0.2) is 0 Å². The standard InChI is InChI=1S/C23H23N3O/c24-23(13-10-17-4-2-1-3-5-17)16-21(23)18-6-8-20(9-7-18)26-22(27)19-11-14-25-15-12-19/h1-9,11-12,14-15,21H,10,13,16,24H2,(H,26,27)/t21-,23-/m0/s1. The van der Waals surface area contributed by atoms with Crippen molar-refractivity contribution >= 4 is 11.6 Å². The third-order valence-electron chi connectivity index (χ3n) is 5.35. The zero-order valence-corrected chi connectivity index (χ0v) is 15.1. The molecule has 1 aliphatic carbocycles. The lowest BCUT2D eigenvalue weighted by Crippen LogP contribution is -2.25. The van der Waals surface area contributed by atoms with Gasteiger partial charge in [-0.05, 0) is 54.7 Å². The number of nitrogens with zero attached hydrogens (tertiary/aromatic N) is 1. The lowest BCUT2D eigenvalue weighted by Gasteiger charge is -2.12. The molecule has 4 nitrogen and oxygen atoms in total. The first-order chi connectivity index (χ1) is 13.1. The first kappa shape index (κ1) is 17.4. The molecule has 1 fully saturated rings. The molecule has 0 aliphatic heterocycles. The quantitative estimate of drug-likeness (QED) is 0.696. The van der Waals surface area contributed by atoms with Gasteiger partial charge in [-0.25, -0.2) is 0 Å². The van der Waals surface area contributed by atoms with Crippen molar-refractivity contribution in [2.45, 2.75) is 30.7 Å². The van der Waals surface area contributed by atoms with E-state index in [0.717, 1.165) is 24.9 Å². The molecule has 3 N–H and O–H groups in total. The summed E-state index contributed by atoms with van der Waals surface area (Å²) in [6.45, 7) is 0. The predicted octanol–water partition coefficient (Wildman–Crippen LogP) is 4.15. The minimum absolute atomic E-state index is 0.113. The fourth-order valence-electron chi connectivity index (χ4n) is 3.57. The van der Waals surface area contributed by atoms with Gasteiger partial charge in [-0.2, -0.15) is 0 Å². The fourth-order valence-corrected chi connectivity index (χ4v) is 3.57. The monoisotopic (exact) mass is 357 g/mol. The van der Waals surface area contributed by atoms with E-state index in [1.54, 1.807) is 24.5 Å². The van der Waals surface area contributed by atoms with Crippen molar-refractivity contribution in [1.29, 1.82) is 0 Å². The van der Waals surface area contributed by atoms with Crippen molar-refractivity contribution < 1.29 is 4.79 Å². The van der Waals surface area contributed by atoms with Gasteiger partial charge in [0.2, 0.25) is 0 Å². The molecular formula is C23H23N3O. The summed E-state index contributed by atoms with van der Waals surface area (Å²) in [6, 6.07) is 21.9. The molecule has 4 rings (SSSR count). The molecule has 0 radical (unpaired) electrons. The number of rotatable bonds is 6. The Morgan fingerprint density at radius 1 is 1.04 bits per heavy atom. The maximum Gasteiger partial charge on any atom is 0.255 e. The molecule has 1 heterocycles. The number of anilines is 1. The second-order valence-corrected chi connectivity index (χ2v) is 7.29. The number of nitrogens with two attached hydrogens (primary N) is 1. The van der Waals surface area contributed by atoms with Crippen molar-refractivity contribution in [2.24, 2.45) is 5.73 Å². The first-order valence-electron chi connectivity index (χ1n) is 9.28. The SMILES string of the molecule is N[C@@]1(CCc2ccccc2)C[C@H]1c1ccc(NC(=O)c2ccncc2)cc1. The van der Waals surface area contributed by atoms with Crippen molar-refractivity contribution in [3.8, 4) is 0 Å². The van der Waals surface area contributed by atoms with E-state index < -0.39 is 0 Å². The minimum Gasteiger partial charge on any atom is -0.325 e. The second kappa shape index (κ2) is 7.33. The number of hydrogen-bond donors (Lipinski definition) is 2. The molecule has 1 aromatic heterocycles. The van der Waals surface area contributed by atoms with Gasteiger partial charge in [-0.3, -0.25) is 9.78 Å². The number of nitrogens with one attached hydrogen (secondary N) is 1. The Labute approximate surface area is 159 Å². The van der Waals surface area contributed by atoms with Crippen molar-refractivity contribution in [3.05, 3.63) is 95.8 Å². The van der Waals surface area contributed by atoms with Crippen LogP contribution in [0.4, 0.5) is 5.69 Å². The highest BCUT2D eigenvalue weighted by atomic mass is 16.1. The summed E-state index contributed by atoms with van der Waals surface area (Å²) in [4.78, 5) is 16.1. The van der Waals surface area contributed by atoms with E-state index in [0.29, 0.717) is 11.5 Å². The van der Waals surface area contributed by atoms with E-state index in [1.807, 2.05) is 18.2 Å². The molecule has 2 aromatic carbocycles. The van der Waals surface area contributed by atoms with Crippen molar-refractivity contribution in [3.63, 3.8) is 0 Å². The van der Waals surface area contributed by atoms with Gasteiger partial charge in [0, 0.05) is 35.1 Å². The normalized spacial score (nSPS) is 20.9. The first-order valence-corrected chi connectivity index (χ1v) is 9.28. The lowest BCUT2D eigenvalue weighted by atomic mass is 9.99. The summed E-state index contributed by atoms with van der Waals surface area (Å²) in [5, 5.41) is 2.91. The Morgan fingerprint density at radius 2 is 1.74 bits per heavy atom. The Kier molecular flexibility index (Phi) is 4.73. The molecule has 0 unspecified atom stereocenters. The summed E-state index contributed by atoms with van der Waals surface area (Å²) >= 11 is 0. The van der Waals surface area contributed by atoms with Crippen LogP contribution in [-0.4, -0.2) is 16.4 Å². The van der Waals surface area contributed by atoms with Crippen molar-refractivity contribution in [1.82, 2.24) is 4.98 Å². The Morgan fingerprint density at radius 3 is 2.44 bits per heavy atom. The number of carbonyl (C=O) groups excluding carboxylic acids is 1. The summed E-state index contributed by atoms with van der Waals surface area (Å²) < 4.78 is 0. The highest BCUT2D eigenvalue weighted by Gasteiger charge is 2.50. The van der Waals surface area contributed by atoms with Gasteiger partial charge in [0.05, 0.1) is 0 Å². The molecule has 0 spiro atoms. The van der Waals surface area contributed by atoms with Gasteiger partial charge in [-0.1, -0.05) is 42.5 Å². The summed E-state index contributed by atoms with van der Waals surface area (Å²) in [5.74, 6) is 0.263. The van der Waals surface area contributed by atoms with Gasteiger partial charge in [0.1, 0.15) is 0 Å². The third kappa shape index (κ3) is 4.07. The third-order valence-corrected chi connectivity index (χ3v) is 5.35. The van der Waals surface area contributed by atoms with Crippen LogP contribution in [-0.2, 0) is 6.42 Å². The van der Waals surface area contributed by atoms with E-state index in [2.05, 4.69) is 46.7 Å². The number of aromatic nitrogens is 1. The minimum atomic E-state index is -0.132.